The third kappa shape index (κ3) is 3.59. The van der Waals surface area contributed by atoms with Crippen molar-refractivity contribution in [1.82, 2.24) is 4.98 Å². The number of rotatable bonds is 2. The first kappa shape index (κ1) is 13.2. The molecule has 0 saturated carbocycles. The second-order valence-electron chi connectivity index (χ2n) is 3.47. The van der Waals surface area contributed by atoms with Crippen LogP contribution < -0.4 is 4.74 Å². The Hall–Kier alpha value is -1.83. The summed E-state index contributed by atoms with van der Waals surface area (Å²) in [4.78, 5) is 4.00. The number of pyridine rings is 1. The molecule has 1 aromatic heterocycles. The van der Waals surface area contributed by atoms with E-state index in [0.717, 1.165) is 16.9 Å². The molecule has 1 aromatic carbocycles. The lowest BCUT2D eigenvalue weighted by Crippen LogP contribution is -1.86. The van der Waals surface area contributed by atoms with Gasteiger partial charge in [0.15, 0.2) is 0 Å². The molecule has 2 rings (SSSR count). The summed E-state index contributed by atoms with van der Waals surface area (Å²) in [5.74, 6) is 0.891. The average Bonchev–Trinajstić information content (AvgIpc) is 2.41. The average molecular weight is 229 g/mol. The Morgan fingerprint density at radius 3 is 2.18 bits per heavy atom. The summed E-state index contributed by atoms with van der Waals surface area (Å²) in [5.41, 5.74) is 3.52. The van der Waals surface area contributed by atoms with Gasteiger partial charge in [-0.05, 0) is 47.9 Å². The Kier molecular flexibility index (Phi) is 5.21. The first-order valence-electron chi connectivity index (χ1n) is 5.85. The minimum Gasteiger partial charge on any atom is -0.497 e. The van der Waals surface area contributed by atoms with Gasteiger partial charge in [-0.2, -0.15) is 0 Å². The number of hydrogen-bond acceptors (Lipinski definition) is 2. The minimum atomic E-state index is 0.891. The largest absolute Gasteiger partial charge is 0.497 e. The van der Waals surface area contributed by atoms with Crippen LogP contribution >= 0.6 is 0 Å². The highest BCUT2D eigenvalue weighted by molar-refractivity contribution is 5.65. The van der Waals surface area contributed by atoms with Crippen molar-refractivity contribution in [2.45, 2.75) is 20.8 Å². The predicted molar refractivity (Wildman–Crippen MR) is 72.3 cm³/mol. The van der Waals surface area contributed by atoms with Crippen LogP contribution in [0.3, 0.4) is 0 Å². The summed E-state index contributed by atoms with van der Waals surface area (Å²) < 4.78 is 5.24. The highest BCUT2D eigenvalue weighted by atomic mass is 16.5. The van der Waals surface area contributed by atoms with E-state index in [2.05, 4.69) is 18.0 Å². The van der Waals surface area contributed by atoms with Crippen LogP contribution in [0.15, 0.2) is 42.7 Å². The molecule has 0 bridgehead atoms. The molecule has 2 aromatic rings. The molecule has 17 heavy (non-hydrogen) atoms. The Bertz CT molecular complexity index is 452. The minimum absolute atomic E-state index is 0.891. The molecule has 0 aliphatic rings. The van der Waals surface area contributed by atoms with Gasteiger partial charge in [0.2, 0.25) is 0 Å². The standard InChI is InChI=1S/C13H13NO.C2H6/c1-10-7-12(9-13(8-10)15-2)11-3-5-14-6-4-11;1-2/h3-9H,1-2H3;1-2H3. The molecule has 0 aliphatic carbocycles. The van der Waals surface area contributed by atoms with E-state index in [-0.39, 0.29) is 0 Å². The summed E-state index contributed by atoms with van der Waals surface area (Å²) in [6.45, 7) is 6.06. The maximum absolute atomic E-state index is 5.24. The number of hydrogen-bond donors (Lipinski definition) is 0. The van der Waals surface area contributed by atoms with E-state index < -0.39 is 0 Å². The lowest BCUT2D eigenvalue weighted by Gasteiger charge is -2.06. The second-order valence-corrected chi connectivity index (χ2v) is 3.47. The van der Waals surface area contributed by atoms with E-state index in [0.29, 0.717) is 0 Å². The van der Waals surface area contributed by atoms with Crippen LogP contribution in [0.4, 0.5) is 0 Å². The van der Waals surface area contributed by atoms with Crippen molar-refractivity contribution in [3.8, 4) is 16.9 Å². The van der Waals surface area contributed by atoms with E-state index >= 15 is 0 Å². The number of aryl methyl sites for hydroxylation is 1. The number of methoxy groups -OCH3 is 1. The third-order valence-corrected chi connectivity index (χ3v) is 2.30. The highest BCUT2D eigenvalue weighted by Crippen LogP contribution is 2.25. The van der Waals surface area contributed by atoms with E-state index in [1.54, 1.807) is 19.5 Å². The molecule has 0 N–H and O–H groups in total. The molecule has 0 aliphatic heterocycles. The zero-order chi connectivity index (χ0) is 12.7. The lowest BCUT2D eigenvalue weighted by atomic mass is 10.0. The van der Waals surface area contributed by atoms with Gasteiger partial charge in [-0.15, -0.1) is 0 Å². The topological polar surface area (TPSA) is 22.1 Å². The van der Waals surface area contributed by atoms with E-state index in [1.165, 1.54) is 5.56 Å². The van der Waals surface area contributed by atoms with Crippen LogP contribution in [0, 0.1) is 6.92 Å². The summed E-state index contributed by atoms with van der Waals surface area (Å²) >= 11 is 0. The Balaban J connectivity index is 0.000000686. The highest BCUT2D eigenvalue weighted by Gasteiger charge is 2.00. The maximum Gasteiger partial charge on any atom is 0.119 e. The number of nitrogens with zero attached hydrogens (tertiary/aromatic N) is 1. The molecule has 0 saturated heterocycles. The Labute approximate surface area is 103 Å². The molecular formula is C15H19NO. The monoisotopic (exact) mass is 229 g/mol. The Morgan fingerprint density at radius 2 is 1.59 bits per heavy atom. The normalized spacial score (nSPS) is 9.18. The van der Waals surface area contributed by atoms with Crippen LogP contribution in [-0.4, -0.2) is 12.1 Å². The van der Waals surface area contributed by atoms with Crippen LogP contribution in [-0.2, 0) is 0 Å². The smallest absolute Gasteiger partial charge is 0.119 e. The van der Waals surface area contributed by atoms with E-state index in [4.69, 9.17) is 4.74 Å². The molecule has 90 valence electrons. The van der Waals surface area contributed by atoms with Gasteiger partial charge < -0.3 is 4.74 Å². The van der Waals surface area contributed by atoms with Crippen LogP contribution in [0.1, 0.15) is 19.4 Å². The van der Waals surface area contributed by atoms with Gasteiger partial charge in [0.25, 0.3) is 0 Å². The molecule has 0 amide bonds. The molecule has 2 nitrogen and oxygen atoms in total. The van der Waals surface area contributed by atoms with Crippen molar-refractivity contribution in [3.63, 3.8) is 0 Å². The maximum atomic E-state index is 5.24. The van der Waals surface area contributed by atoms with Gasteiger partial charge in [-0.1, -0.05) is 19.9 Å². The molecule has 0 radical (unpaired) electrons. The van der Waals surface area contributed by atoms with Gasteiger partial charge in [0.1, 0.15) is 5.75 Å². The molecule has 2 heteroatoms. The van der Waals surface area contributed by atoms with Crippen LogP contribution in [0.5, 0.6) is 5.75 Å². The zero-order valence-corrected chi connectivity index (χ0v) is 10.9. The first-order chi connectivity index (χ1) is 8.29. The van der Waals surface area contributed by atoms with Crippen molar-refractivity contribution in [1.29, 1.82) is 0 Å². The van der Waals surface area contributed by atoms with Gasteiger partial charge in [0, 0.05) is 12.4 Å². The number of ether oxygens (including phenoxy) is 1. The fourth-order valence-electron chi connectivity index (χ4n) is 1.58. The van der Waals surface area contributed by atoms with Gasteiger partial charge in [-0.25, -0.2) is 0 Å². The van der Waals surface area contributed by atoms with Gasteiger partial charge >= 0.3 is 0 Å². The van der Waals surface area contributed by atoms with Crippen molar-refractivity contribution >= 4 is 0 Å². The SMILES string of the molecule is CC.COc1cc(C)cc(-c2ccncc2)c1. The second kappa shape index (κ2) is 6.69. The number of aromatic nitrogens is 1. The predicted octanol–water partition coefficient (Wildman–Crippen LogP) is 4.09. The third-order valence-electron chi connectivity index (χ3n) is 2.30. The number of benzene rings is 1. The molecule has 0 unspecified atom stereocenters. The van der Waals surface area contributed by atoms with Gasteiger partial charge in [0.05, 0.1) is 7.11 Å². The lowest BCUT2D eigenvalue weighted by molar-refractivity contribution is 0.414. The molecule has 0 fully saturated rings. The summed E-state index contributed by atoms with van der Waals surface area (Å²) in [6, 6.07) is 10.2. The summed E-state index contributed by atoms with van der Waals surface area (Å²) in [6.07, 6.45) is 3.59. The fraction of sp³-hybridized carbons (Fsp3) is 0.267. The van der Waals surface area contributed by atoms with E-state index in [9.17, 15) is 0 Å². The van der Waals surface area contributed by atoms with Crippen LogP contribution in [0.25, 0.3) is 11.1 Å². The first-order valence-corrected chi connectivity index (χ1v) is 5.85. The fourth-order valence-corrected chi connectivity index (χ4v) is 1.58. The van der Waals surface area contributed by atoms with Crippen molar-refractivity contribution in [2.75, 3.05) is 7.11 Å². The molecule has 0 spiro atoms. The summed E-state index contributed by atoms with van der Waals surface area (Å²) in [7, 11) is 1.69. The summed E-state index contributed by atoms with van der Waals surface area (Å²) in [5, 5.41) is 0. The van der Waals surface area contributed by atoms with Crippen molar-refractivity contribution in [3.05, 3.63) is 48.3 Å². The molecule has 1 heterocycles. The van der Waals surface area contributed by atoms with Gasteiger partial charge in [-0.3, -0.25) is 4.98 Å². The Morgan fingerprint density at radius 1 is 0.941 bits per heavy atom. The zero-order valence-electron chi connectivity index (χ0n) is 10.9. The van der Waals surface area contributed by atoms with Crippen molar-refractivity contribution < 1.29 is 4.74 Å². The van der Waals surface area contributed by atoms with Crippen molar-refractivity contribution in [2.24, 2.45) is 0 Å². The van der Waals surface area contributed by atoms with Crippen LogP contribution in [0.2, 0.25) is 0 Å². The molecular weight excluding hydrogens is 210 g/mol. The quantitative estimate of drug-likeness (QED) is 0.773. The molecule has 0 atom stereocenters. The van der Waals surface area contributed by atoms with E-state index in [1.807, 2.05) is 38.1 Å².